The van der Waals surface area contributed by atoms with Gasteiger partial charge in [0.1, 0.15) is 0 Å². The molecular formula is C20H41NO. The molecule has 0 radical (unpaired) electrons. The molecule has 132 valence electrons. The van der Waals surface area contributed by atoms with Crippen LogP contribution in [0.5, 0.6) is 0 Å². The molecule has 2 nitrogen and oxygen atoms in total. The number of nitrogens with two attached hydrogens (primary N) is 1. The van der Waals surface area contributed by atoms with Gasteiger partial charge >= 0.3 is 0 Å². The zero-order valence-electron chi connectivity index (χ0n) is 16.5. The van der Waals surface area contributed by atoms with Crippen LogP contribution in [0, 0.1) is 22.7 Å². The van der Waals surface area contributed by atoms with Crippen LogP contribution in [0.4, 0.5) is 0 Å². The third kappa shape index (κ3) is 6.02. The normalized spacial score (nSPS) is 28.3. The molecule has 1 aliphatic rings. The van der Waals surface area contributed by atoms with E-state index in [-0.39, 0.29) is 17.2 Å². The second-order valence-corrected chi connectivity index (χ2v) is 8.36. The Morgan fingerprint density at radius 3 is 2.05 bits per heavy atom. The van der Waals surface area contributed by atoms with Crippen molar-refractivity contribution in [3.8, 4) is 0 Å². The van der Waals surface area contributed by atoms with Crippen LogP contribution >= 0.6 is 0 Å². The fraction of sp³-hybridized carbons (Fsp3) is 0.950. The standard InChI is InChI=1S/C18H35NO.C2H6/c1-7-13(2)18(6)10-8-14(9-11-18)12-15(19)16(20)17(3,4)5;1-2/h13-15H,7-12,19H2,1-6H3;1-2H3. The van der Waals surface area contributed by atoms with Crippen LogP contribution in [0.2, 0.25) is 0 Å². The highest BCUT2D eigenvalue weighted by Crippen LogP contribution is 2.46. The first-order chi connectivity index (χ1) is 10.1. The summed E-state index contributed by atoms with van der Waals surface area (Å²) in [6.07, 6.45) is 7.22. The molecule has 0 aromatic rings. The molecule has 1 aliphatic carbocycles. The summed E-state index contributed by atoms with van der Waals surface area (Å²) in [5.74, 6) is 1.66. The van der Waals surface area contributed by atoms with Crippen molar-refractivity contribution >= 4 is 5.78 Å². The van der Waals surface area contributed by atoms with E-state index in [1.807, 2.05) is 34.6 Å². The third-order valence-corrected chi connectivity index (χ3v) is 5.71. The molecule has 0 amide bonds. The quantitative estimate of drug-likeness (QED) is 0.719. The highest BCUT2D eigenvalue weighted by atomic mass is 16.1. The molecule has 0 spiro atoms. The van der Waals surface area contributed by atoms with E-state index in [0.717, 1.165) is 12.3 Å². The average Bonchev–Trinajstić information content (AvgIpc) is 2.49. The molecule has 1 saturated carbocycles. The van der Waals surface area contributed by atoms with Gasteiger partial charge in [0.05, 0.1) is 6.04 Å². The van der Waals surface area contributed by atoms with Crippen molar-refractivity contribution in [1.29, 1.82) is 0 Å². The Morgan fingerprint density at radius 2 is 1.68 bits per heavy atom. The molecule has 1 rings (SSSR count). The van der Waals surface area contributed by atoms with Gasteiger partial charge in [0, 0.05) is 5.41 Å². The summed E-state index contributed by atoms with van der Waals surface area (Å²) in [6.45, 7) is 17.0. The molecular weight excluding hydrogens is 270 g/mol. The number of carbonyl (C=O) groups excluding carboxylic acids is 1. The van der Waals surface area contributed by atoms with E-state index in [1.165, 1.54) is 32.1 Å². The summed E-state index contributed by atoms with van der Waals surface area (Å²) >= 11 is 0. The molecule has 0 aliphatic heterocycles. The molecule has 2 atom stereocenters. The molecule has 0 heterocycles. The van der Waals surface area contributed by atoms with E-state index in [1.54, 1.807) is 0 Å². The van der Waals surface area contributed by atoms with E-state index >= 15 is 0 Å². The van der Waals surface area contributed by atoms with Crippen LogP contribution in [0.15, 0.2) is 0 Å². The zero-order chi connectivity index (χ0) is 17.6. The Balaban J connectivity index is 0.00000211. The number of carbonyl (C=O) groups is 1. The lowest BCUT2D eigenvalue weighted by atomic mass is 9.63. The van der Waals surface area contributed by atoms with Crippen LogP contribution in [0.1, 0.15) is 93.9 Å². The average molecular weight is 312 g/mol. The molecule has 0 aromatic carbocycles. The van der Waals surface area contributed by atoms with Gasteiger partial charge < -0.3 is 5.73 Å². The van der Waals surface area contributed by atoms with Gasteiger partial charge in [-0.1, -0.05) is 61.8 Å². The molecule has 2 unspecified atom stereocenters. The fourth-order valence-corrected chi connectivity index (χ4v) is 3.58. The number of rotatable bonds is 5. The molecule has 2 heteroatoms. The number of hydrogen-bond acceptors (Lipinski definition) is 2. The molecule has 2 N–H and O–H groups in total. The number of Topliss-reactive ketones (excluding diaryl/α,β-unsaturated/α-hetero) is 1. The minimum Gasteiger partial charge on any atom is -0.321 e. The lowest BCUT2D eigenvalue weighted by Crippen LogP contribution is -2.41. The Kier molecular flexibility index (Phi) is 8.90. The minimum atomic E-state index is -0.306. The van der Waals surface area contributed by atoms with Gasteiger partial charge in [-0.05, 0) is 49.4 Å². The topological polar surface area (TPSA) is 43.1 Å². The van der Waals surface area contributed by atoms with Crippen molar-refractivity contribution in [2.45, 2.75) is 100.0 Å². The minimum absolute atomic E-state index is 0.216. The van der Waals surface area contributed by atoms with Gasteiger partial charge in [-0.3, -0.25) is 4.79 Å². The SMILES string of the molecule is CC.CCC(C)C1(C)CCC(CC(N)C(=O)C(C)(C)C)CC1. The summed E-state index contributed by atoms with van der Waals surface area (Å²) in [6, 6.07) is -0.270. The Morgan fingerprint density at radius 1 is 1.23 bits per heavy atom. The van der Waals surface area contributed by atoms with Crippen molar-refractivity contribution in [1.82, 2.24) is 0 Å². The third-order valence-electron chi connectivity index (χ3n) is 5.71. The van der Waals surface area contributed by atoms with E-state index in [0.29, 0.717) is 11.3 Å². The smallest absolute Gasteiger partial charge is 0.154 e. The maximum atomic E-state index is 12.2. The summed E-state index contributed by atoms with van der Waals surface area (Å²) in [5, 5.41) is 0. The summed E-state index contributed by atoms with van der Waals surface area (Å²) in [4.78, 5) is 12.2. The maximum Gasteiger partial charge on any atom is 0.154 e. The van der Waals surface area contributed by atoms with Crippen molar-refractivity contribution in [2.24, 2.45) is 28.4 Å². The van der Waals surface area contributed by atoms with Gasteiger partial charge in [0.15, 0.2) is 5.78 Å². The first kappa shape index (κ1) is 21.6. The van der Waals surface area contributed by atoms with Gasteiger partial charge in [-0.2, -0.15) is 0 Å². The largest absolute Gasteiger partial charge is 0.321 e. The van der Waals surface area contributed by atoms with E-state index in [9.17, 15) is 4.79 Å². The summed E-state index contributed by atoms with van der Waals surface area (Å²) < 4.78 is 0. The van der Waals surface area contributed by atoms with Crippen LogP contribution in [0.25, 0.3) is 0 Å². The second-order valence-electron chi connectivity index (χ2n) is 8.36. The van der Waals surface area contributed by atoms with Crippen molar-refractivity contribution in [3.63, 3.8) is 0 Å². The molecule has 0 aromatic heterocycles. The Hall–Kier alpha value is -0.370. The van der Waals surface area contributed by atoms with Crippen molar-refractivity contribution in [3.05, 3.63) is 0 Å². The monoisotopic (exact) mass is 311 g/mol. The van der Waals surface area contributed by atoms with Crippen molar-refractivity contribution in [2.75, 3.05) is 0 Å². The fourth-order valence-electron chi connectivity index (χ4n) is 3.58. The second kappa shape index (κ2) is 9.05. The first-order valence-electron chi connectivity index (χ1n) is 9.40. The van der Waals surface area contributed by atoms with Gasteiger partial charge in [-0.15, -0.1) is 0 Å². The van der Waals surface area contributed by atoms with Gasteiger partial charge in [0.2, 0.25) is 0 Å². The summed E-state index contributed by atoms with van der Waals surface area (Å²) in [5.41, 5.74) is 6.34. The maximum absolute atomic E-state index is 12.2. The van der Waals surface area contributed by atoms with E-state index in [4.69, 9.17) is 5.73 Å². The Labute approximate surface area is 139 Å². The molecule has 0 saturated heterocycles. The van der Waals surface area contributed by atoms with Crippen LogP contribution in [-0.2, 0) is 4.79 Å². The summed E-state index contributed by atoms with van der Waals surface area (Å²) in [7, 11) is 0. The lowest BCUT2D eigenvalue weighted by Gasteiger charge is -2.42. The predicted octanol–water partition coefficient (Wildman–Crippen LogP) is 5.59. The van der Waals surface area contributed by atoms with E-state index in [2.05, 4.69) is 20.8 Å². The Bertz CT molecular complexity index is 321. The number of ketones is 1. The molecule has 0 bridgehead atoms. The van der Waals surface area contributed by atoms with Crippen LogP contribution in [-0.4, -0.2) is 11.8 Å². The predicted molar refractivity (Wildman–Crippen MR) is 97.9 cm³/mol. The first-order valence-corrected chi connectivity index (χ1v) is 9.40. The lowest BCUT2D eigenvalue weighted by molar-refractivity contribution is -0.128. The van der Waals surface area contributed by atoms with Crippen molar-refractivity contribution < 1.29 is 4.79 Å². The van der Waals surface area contributed by atoms with Gasteiger partial charge in [0.25, 0.3) is 0 Å². The highest BCUT2D eigenvalue weighted by Gasteiger charge is 2.36. The highest BCUT2D eigenvalue weighted by molar-refractivity contribution is 5.88. The zero-order valence-corrected chi connectivity index (χ0v) is 16.5. The van der Waals surface area contributed by atoms with Crippen LogP contribution < -0.4 is 5.73 Å². The molecule has 22 heavy (non-hydrogen) atoms. The number of hydrogen-bond donors (Lipinski definition) is 1. The van der Waals surface area contributed by atoms with E-state index < -0.39 is 0 Å². The van der Waals surface area contributed by atoms with Crippen LogP contribution in [0.3, 0.4) is 0 Å². The van der Waals surface area contributed by atoms with Gasteiger partial charge in [-0.25, -0.2) is 0 Å². The molecule has 1 fully saturated rings.